The van der Waals surface area contributed by atoms with Crippen LogP contribution in [0.2, 0.25) is 0 Å². The summed E-state index contributed by atoms with van der Waals surface area (Å²) in [6.07, 6.45) is 14.0. The Morgan fingerprint density at radius 2 is 0.722 bits per heavy atom. The third kappa shape index (κ3) is 37.4. The number of unbranched alkanes of at least 4 members (excludes halogenated alkanes) is 33. The van der Waals surface area contributed by atoms with E-state index < -0.39 is 156 Å². The highest BCUT2D eigenvalue weighted by atomic mass is 31.2. The van der Waals surface area contributed by atoms with Gasteiger partial charge in [-0.25, -0.2) is 4.57 Å². The van der Waals surface area contributed by atoms with Crippen LogP contribution < -0.4 is 0 Å². The molecular formula is C72H131O24P. The van der Waals surface area contributed by atoms with Gasteiger partial charge in [0.15, 0.2) is 18.7 Å². The smallest absolute Gasteiger partial charge is 0.463 e. The number of aliphatic hydroxyl groups excluding tert-OH is 10. The number of esters is 3. The zero-order valence-corrected chi connectivity index (χ0v) is 60.0. The van der Waals surface area contributed by atoms with Gasteiger partial charge < -0.3 is 89.1 Å². The molecule has 3 aliphatic rings. The van der Waals surface area contributed by atoms with Crippen molar-refractivity contribution in [2.45, 2.75) is 388 Å². The second-order valence-corrected chi connectivity index (χ2v) is 28.4. The minimum atomic E-state index is -5.70. The molecule has 0 bridgehead atoms. The van der Waals surface area contributed by atoms with Gasteiger partial charge in [-0.15, -0.1) is 0 Å². The Labute approximate surface area is 579 Å². The zero-order valence-electron chi connectivity index (χ0n) is 59.1. The van der Waals surface area contributed by atoms with Crippen LogP contribution >= 0.6 is 7.82 Å². The second kappa shape index (κ2) is 54.1. The molecule has 97 heavy (non-hydrogen) atoms. The molecule has 0 spiro atoms. The van der Waals surface area contributed by atoms with Crippen molar-refractivity contribution in [3.8, 4) is 0 Å². The fourth-order valence-electron chi connectivity index (χ4n) is 12.3. The van der Waals surface area contributed by atoms with Crippen LogP contribution in [0.5, 0.6) is 0 Å². The maximum Gasteiger partial charge on any atom is 0.472 e. The van der Waals surface area contributed by atoms with E-state index in [2.05, 4.69) is 45.1 Å². The molecule has 24 nitrogen and oxygen atoms in total. The summed E-state index contributed by atoms with van der Waals surface area (Å²) < 4.78 is 64.9. The summed E-state index contributed by atoms with van der Waals surface area (Å²) in [5, 5.41) is 110. The fourth-order valence-corrected chi connectivity index (χ4v) is 13.2. The number of hydrogen-bond donors (Lipinski definition) is 11. The SMILES string of the molecule is CCCCCCCC/C=C\CCCCCC(=O)OCC1OC(OC2C(O)C(O)C(O)C(OC3OC(CO)C(O)C(O)C3O)C2OP(=O)(O)OCC(COC(=O)CCCCCCCCCCCCCCCCC)OC(=O)CCCCC/C=C\CCCCCCCCC)C(O)C(O)C1O. The molecule has 2 aliphatic heterocycles. The van der Waals surface area contributed by atoms with E-state index in [1.165, 1.54) is 128 Å². The Morgan fingerprint density at radius 1 is 0.392 bits per heavy atom. The number of phosphoric acid groups is 1. The zero-order chi connectivity index (χ0) is 71.1. The van der Waals surface area contributed by atoms with Gasteiger partial charge in [0.05, 0.1) is 13.2 Å². The molecule has 0 aromatic heterocycles. The molecule has 18 unspecified atom stereocenters. The Bertz CT molecular complexity index is 2110. The molecule has 0 aromatic carbocycles. The molecule has 18 atom stereocenters. The van der Waals surface area contributed by atoms with Gasteiger partial charge in [0.2, 0.25) is 0 Å². The van der Waals surface area contributed by atoms with Gasteiger partial charge in [0.1, 0.15) is 98.7 Å². The number of hydrogen-bond acceptors (Lipinski definition) is 23. The third-order valence-electron chi connectivity index (χ3n) is 18.5. The van der Waals surface area contributed by atoms with Crippen molar-refractivity contribution < 1.29 is 117 Å². The van der Waals surface area contributed by atoms with Crippen LogP contribution in [0.3, 0.4) is 0 Å². The van der Waals surface area contributed by atoms with Gasteiger partial charge in [0, 0.05) is 19.3 Å². The third-order valence-corrected chi connectivity index (χ3v) is 19.4. The van der Waals surface area contributed by atoms with Crippen LogP contribution in [-0.4, -0.2) is 204 Å². The van der Waals surface area contributed by atoms with Gasteiger partial charge in [-0.3, -0.25) is 23.4 Å². The lowest BCUT2D eigenvalue weighted by Crippen LogP contribution is -2.69. The minimum Gasteiger partial charge on any atom is -0.463 e. The predicted octanol–water partition coefficient (Wildman–Crippen LogP) is 10.1. The summed E-state index contributed by atoms with van der Waals surface area (Å²) >= 11 is 0. The second-order valence-electron chi connectivity index (χ2n) is 27.0. The fraction of sp³-hybridized carbons (Fsp3) is 0.903. The lowest BCUT2D eigenvalue weighted by Gasteiger charge is -2.49. The number of rotatable bonds is 58. The molecule has 0 radical (unpaired) electrons. The average molecular weight is 1410 g/mol. The largest absolute Gasteiger partial charge is 0.472 e. The number of ether oxygens (including phenoxy) is 7. The average Bonchev–Trinajstić information content (AvgIpc) is 0.766. The van der Waals surface area contributed by atoms with Gasteiger partial charge in [0.25, 0.3) is 0 Å². The van der Waals surface area contributed by atoms with Crippen molar-refractivity contribution in [2.75, 3.05) is 26.4 Å². The van der Waals surface area contributed by atoms with Crippen molar-refractivity contribution in [3.05, 3.63) is 24.3 Å². The first-order valence-corrected chi connectivity index (χ1v) is 39.1. The number of allylic oxidation sites excluding steroid dienone is 4. The van der Waals surface area contributed by atoms with E-state index in [9.17, 15) is 74.9 Å². The molecule has 0 aromatic rings. The molecule has 0 amide bonds. The van der Waals surface area contributed by atoms with Crippen LogP contribution in [0, 0.1) is 0 Å². The van der Waals surface area contributed by atoms with E-state index in [0.29, 0.717) is 25.7 Å². The Morgan fingerprint density at radius 3 is 1.12 bits per heavy atom. The minimum absolute atomic E-state index is 0.00758. The van der Waals surface area contributed by atoms with Gasteiger partial charge >= 0.3 is 25.7 Å². The Kier molecular flexibility index (Phi) is 49.5. The van der Waals surface area contributed by atoms with E-state index in [-0.39, 0.29) is 19.3 Å². The summed E-state index contributed by atoms with van der Waals surface area (Å²) in [4.78, 5) is 51.0. The summed E-state index contributed by atoms with van der Waals surface area (Å²) in [5.74, 6) is -2.02. The lowest BCUT2D eigenvalue weighted by atomic mass is 9.84. The molecule has 11 N–H and O–H groups in total. The van der Waals surface area contributed by atoms with Gasteiger partial charge in [-0.2, -0.15) is 0 Å². The Hall–Kier alpha value is -2.56. The van der Waals surface area contributed by atoms with Crippen LogP contribution in [0.1, 0.15) is 284 Å². The van der Waals surface area contributed by atoms with Crippen LogP contribution in [0.15, 0.2) is 24.3 Å². The molecule has 2 heterocycles. The van der Waals surface area contributed by atoms with E-state index in [0.717, 1.165) is 89.9 Å². The summed E-state index contributed by atoms with van der Waals surface area (Å²) in [6, 6.07) is 0. The lowest BCUT2D eigenvalue weighted by molar-refractivity contribution is -0.360. The highest BCUT2D eigenvalue weighted by Crippen LogP contribution is 2.49. The quantitative estimate of drug-likeness (QED) is 0.00886. The van der Waals surface area contributed by atoms with Crippen LogP contribution in [0.4, 0.5) is 0 Å². The molecule has 3 rings (SSSR count). The number of carbonyl (C=O) groups is 3. The molecule has 2 saturated heterocycles. The highest BCUT2D eigenvalue weighted by molar-refractivity contribution is 7.47. The van der Waals surface area contributed by atoms with E-state index in [1.54, 1.807) is 0 Å². The molecule has 25 heteroatoms. The standard InChI is InChI=1S/C72H131O24P/c1-4-7-10-13-16-19-22-25-27-30-32-34-37-40-43-46-56(74)88-50-53(91-58(76)48-45-42-39-36-33-29-26-23-20-17-14-11-8-5-2)51-90-97(86,87)96-70-68(94-71-66(84)61(79)59(77)54(49-73)92-71)64(82)63(81)65(83)69(70)95-72-67(85)62(80)60(78)55(93-72)52-89-57(75)47-44-41-38-35-31-28-24-21-18-15-12-9-6-3/h28-29,31,33,53-55,59-73,77-85H,4-27,30,32,34-52H2,1-3H3,(H,86,87)/b31-28-,33-29-. The van der Waals surface area contributed by atoms with Gasteiger partial charge in [-0.1, -0.05) is 218 Å². The number of aliphatic hydroxyl groups is 10. The number of carbonyl (C=O) groups excluding carboxylic acids is 3. The Balaban J connectivity index is 1.75. The topological polar surface area (TPSA) is 374 Å². The normalized spacial score (nSPS) is 27.9. The van der Waals surface area contributed by atoms with Crippen molar-refractivity contribution >= 4 is 25.7 Å². The van der Waals surface area contributed by atoms with Crippen molar-refractivity contribution in [1.82, 2.24) is 0 Å². The first kappa shape index (κ1) is 88.7. The first-order valence-electron chi connectivity index (χ1n) is 37.6. The highest BCUT2D eigenvalue weighted by Gasteiger charge is 2.58. The van der Waals surface area contributed by atoms with Crippen molar-refractivity contribution in [1.29, 1.82) is 0 Å². The maximum absolute atomic E-state index is 14.3. The summed E-state index contributed by atoms with van der Waals surface area (Å²) in [6.45, 7) is 3.41. The van der Waals surface area contributed by atoms with E-state index in [1.807, 2.05) is 0 Å². The molecular weight excluding hydrogens is 1280 g/mol. The predicted molar refractivity (Wildman–Crippen MR) is 365 cm³/mol. The first-order chi connectivity index (χ1) is 46.8. The molecule has 1 aliphatic carbocycles. The van der Waals surface area contributed by atoms with Gasteiger partial charge in [-0.05, 0) is 70.6 Å². The summed E-state index contributed by atoms with van der Waals surface area (Å²) in [7, 11) is -5.70. The monoisotopic (exact) mass is 1410 g/mol. The van der Waals surface area contributed by atoms with E-state index in [4.69, 9.17) is 42.2 Å². The molecule has 1 saturated carbocycles. The molecule has 3 fully saturated rings. The van der Waals surface area contributed by atoms with Crippen molar-refractivity contribution in [2.24, 2.45) is 0 Å². The van der Waals surface area contributed by atoms with Crippen molar-refractivity contribution in [3.63, 3.8) is 0 Å². The summed E-state index contributed by atoms with van der Waals surface area (Å²) in [5.41, 5.74) is 0. The number of phosphoric ester groups is 1. The maximum atomic E-state index is 14.3. The molecule has 568 valence electrons. The van der Waals surface area contributed by atoms with E-state index >= 15 is 0 Å². The van der Waals surface area contributed by atoms with Crippen LogP contribution in [-0.2, 0) is 61.2 Å². The van der Waals surface area contributed by atoms with Crippen LogP contribution in [0.25, 0.3) is 0 Å².